The molecular weight excluding hydrogens is 433 g/mol. The molecule has 9 heteroatoms. The van der Waals surface area contributed by atoms with Crippen molar-refractivity contribution in [1.29, 1.82) is 0 Å². The molecule has 1 aromatic heterocycles. The molecule has 2 N–H and O–H groups in total. The van der Waals surface area contributed by atoms with E-state index in [2.05, 4.69) is 26.0 Å². The van der Waals surface area contributed by atoms with Gasteiger partial charge >= 0.3 is 0 Å². The molecule has 0 unspecified atom stereocenters. The number of aromatic nitrogens is 1. The summed E-state index contributed by atoms with van der Waals surface area (Å²) in [5, 5.41) is 2.98. The number of hydrogen-bond acceptors (Lipinski definition) is 5. The quantitative estimate of drug-likeness (QED) is 0.346. The molecule has 0 fully saturated rings. The minimum atomic E-state index is -0.439. The van der Waals surface area contributed by atoms with Crippen molar-refractivity contribution in [2.75, 3.05) is 28.8 Å². The molecule has 2 aromatic rings. The van der Waals surface area contributed by atoms with Gasteiger partial charge in [-0.2, -0.15) is 0 Å². The highest BCUT2D eigenvalue weighted by molar-refractivity contribution is 9.10. The number of hydrogen-bond donors (Lipinski definition) is 2. The normalized spacial score (nSPS) is 10.6. The SMILES string of the molecule is COc1cc(=O)n(C)c(Nc2ccc(Br)cc2F)c1NSCCCCl. The van der Waals surface area contributed by atoms with Crippen molar-refractivity contribution in [3.8, 4) is 5.75 Å². The maximum absolute atomic E-state index is 14.2. The van der Waals surface area contributed by atoms with E-state index in [1.807, 2.05) is 0 Å². The number of benzene rings is 1. The Bertz CT molecular complexity index is 804. The summed E-state index contributed by atoms with van der Waals surface area (Å²) in [5.74, 6) is 1.69. The zero-order valence-corrected chi connectivity index (χ0v) is 16.9. The standard InChI is InChI=1S/C16H18BrClFN3O2S/c1-22-14(23)9-13(24-2)15(21-25-7-3-6-18)16(22)20-12-5-4-10(17)8-11(12)19/h4-5,8-9,20-21H,3,6-7H2,1-2H3. The first-order chi connectivity index (χ1) is 12.0. The van der Waals surface area contributed by atoms with Gasteiger partial charge < -0.3 is 14.8 Å². The van der Waals surface area contributed by atoms with E-state index in [0.717, 1.165) is 12.2 Å². The number of halogens is 3. The highest BCUT2D eigenvalue weighted by atomic mass is 79.9. The maximum Gasteiger partial charge on any atom is 0.255 e. The average Bonchev–Trinajstić information content (AvgIpc) is 2.59. The van der Waals surface area contributed by atoms with Crippen molar-refractivity contribution < 1.29 is 9.13 Å². The van der Waals surface area contributed by atoms with Gasteiger partial charge in [0.1, 0.15) is 17.3 Å². The van der Waals surface area contributed by atoms with Crippen molar-refractivity contribution in [3.63, 3.8) is 0 Å². The van der Waals surface area contributed by atoms with Gasteiger partial charge in [0.15, 0.2) is 5.75 Å². The van der Waals surface area contributed by atoms with E-state index >= 15 is 0 Å². The van der Waals surface area contributed by atoms with E-state index in [-0.39, 0.29) is 11.2 Å². The molecule has 0 amide bonds. The van der Waals surface area contributed by atoms with E-state index in [4.69, 9.17) is 16.3 Å². The monoisotopic (exact) mass is 449 g/mol. The van der Waals surface area contributed by atoms with Gasteiger partial charge in [0.05, 0.1) is 12.8 Å². The van der Waals surface area contributed by atoms with Crippen LogP contribution >= 0.6 is 39.5 Å². The molecule has 0 radical (unpaired) electrons. The fraction of sp³-hybridized carbons (Fsp3) is 0.312. The number of nitrogens with zero attached hydrogens (tertiary/aromatic N) is 1. The molecule has 0 saturated carbocycles. The summed E-state index contributed by atoms with van der Waals surface area (Å²) in [6.07, 6.45) is 0.831. The summed E-state index contributed by atoms with van der Waals surface area (Å²) in [5.41, 5.74) is 0.542. The molecule has 2 rings (SSSR count). The molecule has 0 spiro atoms. The number of methoxy groups -OCH3 is 1. The third-order valence-electron chi connectivity index (χ3n) is 3.36. The third-order valence-corrected chi connectivity index (χ3v) is 4.96. The summed E-state index contributed by atoms with van der Waals surface area (Å²) in [4.78, 5) is 12.2. The predicted octanol–water partition coefficient (Wildman–Crippen LogP) is 4.73. The van der Waals surface area contributed by atoms with Gasteiger partial charge in [-0.1, -0.05) is 27.9 Å². The second kappa shape index (κ2) is 9.35. The van der Waals surface area contributed by atoms with Gasteiger partial charge in [0, 0.05) is 29.2 Å². The van der Waals surface area contributed by atoms with Crippen molar-refractivity contribution >= 4 is 56.7 Å². The van der Waals surface area contributed by atoms with Crippen LogP contribution in [-0.4, -0.2) is 23.3 Å². The number of ether oxygens (including phenoxy) is 1. The number of nitrogens with one attached hydrogen (secondary N) is 2. The smallest absolute Gasteiger partial charge is 0.255 e. The van der Waals surface area contributed by atoms with Crippen LogP contribution in [-0.2, 0) is 7.05 Å². The Hall–Kier alpha value is -1.38. The Morgan fingerprint density at radius 1 is 1.40 bits per heavy atom. The molecule has 1 heterocycles. The first-order valence-corrected chi connectivity index (χ1v) is 9.73. The lowest BCUT2D eigenvalue weighted by atomic mass is 10.3. The Morgan fingerprint density at radius 2 is 2.16 bits per heavy atom. The van der Waals surface area contributed by atoms with E-state index in [1.54, 1.807) is 19.2 Å². The molecule has 1 aromatic carbocycles. The summed E-state index contributed by atoms with van der Waals surface area (Å²) in [6.45, 7) is 0. The molecule has 5 nitrogen and oxygen atoms in total. The minimum absolute atomic E-state index is 0.250. The summed E-state index contributed by atoms with van der Waals surface area (Å²) < 4.78 is 24.7. The summed E-state index contributed by atoms with van der Waals surface area (Å²) in [6, 6.07) is 6.04. The van der Waals surface area contributed by atoms with Crippen LogP contribution in [0.3, 0.4) is 0 Å². The Labute approximate surface area is 163 Å². The fourth-order valence-electron chi connectivity index (χ4n) is 2.05. The van der Waals surface area contributed by atoms with Crippen LogP contribution in [0.1, 0.15) is 6.42 Å². The molecule has 25 heavy (non-hydrogen) atoms. The topological polar surface area (TPSA) is 55.3 Å². The van der Waals surface area contributed by atoms with Crippen molar-refractivity contribution in [1.82, 2.24) is 4.57 Å². The molecule has 0 aliphatic rings. The lowest BCUT2D eigenvalue weighted by Gasteiger charge is -2.19. The first-order valence-electron chi connectivity index (χ1n) is 7.41. The lowest BCUT2D eigenvalue weighted by molar-refractivity contribution is 0.415. The summed E-state index contributed by atoms with van der Waals surface area (Å²) in [7, 11) is 3.09. The minimum Gasteiger partial charge on any atom is -0.494 e. The Balaban J connectivity index is 2.42. The molecule has 0 saturated heterocycles. The number of pyridine rings is 1. The van der Waals surface area contributed by atoms with Gasteiger partial charge in [-0.25, -0.2) is 4.39 Å². The average molecular weight is 451 g/mol. The fourth-order valence-corrected chi connectivity index (χ4v) is 3.41. The Morgan fingerprint density at radius 3 is 2.80 bits per heavy atom. The van der Waals surface area contributed by atoms with Gasteiger partial charge in [-0.05, 0) is 24.6 Å². The van der Waals surface area contributed by atoms with Gasteiger partial charge in [0.2, 0.25) is 0 Å². The van der Waals surface area contributed by atoms with Crippen LogP contribution in [0.25, 0.3) is 0 Å². The van der Waals surface area contributed by atoms with Crippen LogP contribution in [0.4, 0.5) is 21.6 Å². The van der Waals surface area contributed by atoms with Crippen LogP contribution in [0.15, 0.2) is 33.5 Å². The number of alkyl halides is 1. The predicted molar refractivity (Wildman–Crippen MR) is 107 cm³/mol. The molecule has 0 atom stereocenters. The van der Waals surface area contributed by atoms with Gasteiger partial charge in [0.25, 0.3) is 5.56 Å². The highest BCUT2D eigenvalue weighted by Gasteiger charge is 2.16. The van der Waals surface area contributed by atoms with Crippen molar-refractivity contribution in [2.45, 2.75) is 6.42 Å². The number of rotatable bonds is 8. The molecule has 0 bridgehead atoms. The maximum atomic E-state index is 14.2. The molecule has 0 aliphatic heterocycles. The zero-order chi connectivity index (χ0) is 18.4. The summed E-state index contributed by atoms with van der Waals surface area (Å²) >= 11 is 10.3. The number of anilines is 3. The van der Waals surface area contributed by atoms with Crippen molar-refractivity contribution in [3.05, 3.63) is 44.9 Å². The Kier molecular flexibility index (Phi) is 7.46. The molecular formula is C16H18BrClFN3O2S. The second-order valence-electron chi connectivity index (χ2n) is 5.08. The van der Waals surface area contributed by atoms with Crippen LogP contribution in [0.5, 0.6) is 5.75 Å². The van der Waals surface area contributed by atoms with Gasteiger partial charge in [-0.3, -0.25) is 9.36 Å². The zero-order valence-electron chi connectivity index (χ0n) is 13.7. The third kappa shape index (κ3) is 5.05. The first kappa shape index (κ1) is 19.9. The van der Waals surface area contributed by atoms with Gasteiger partial charge in [-0.15, -0.1) is 11.6 Å². The van der Waals surface area contributed by atoms with Crippen LogP contribution in [0, 0.1) is 5.82 Å². The van der Waals surface area contributed by atoms with E-state index in [0.29, 0.717) is 27.6 Å². The molecule has 136 valence electrons. The largest absolute Gasteiger partial charge is 0.494 e. The highest BCUT2D eigenvalue weighted by Crippen LogP contribution is 2.35. The van der Waals surface area contributed by atoms with E-state index in [9.17, 15) is 9.18 Å². The van der Waals surface area contributed by atoms with E-state index in [1.165, 1.54) is 35.8 Å². The van der Waals surface area contributed by atoms with E-state index < -0.39 is 5.82 Å². The second-order valence-corrected chi connectivity index (χ2v) is 7.27. The molecule has 0 aliphatic carbocycles. The lowest BCUT2D eigenvalue weighted by Crippen LogP contribution is -2.20. The van der Waals surface area contributed by atoms with Crippen LogP contribution < -0.4 is 20.3 Å². The van der Waals surface area contributed by atoms with Crippen LogP contribution in [0.2, 0.25) is 0 Å². The van der Waals surface area contributed by atoms with Crippen molar-refractivity contribution in [2.24, 2.45) is 7.05 Å².